The van der Waals surface area contributed by atoms with Gasteiger partial charge in [-0.1, -0.05) is 19.4 Å². The molecule has 4 heterocycles. The van der Waals surface area contributed by atoms with Gasteiger partial charge in [0.15, 0.2) is 24.1 Å². The molecular formula is C20H29N9O. The molecule has 160 valence electrons. The third-order valence-corrected chi connectivity index (χ3v) is 5.44. The first-order valence-electron chi connectivity index (χ1n) is 10.5. The largest absolute Gasteiger partial charge is 0.382 e. The first-order valence-corrected chi connectivity index (χ1v) is 10.5. The quantitative estimate of drug-likeness (QED) is 0.370. The summed E-state index contributed by atoms with van der Waals surface area (Å²) in [5, 5.41) is 9.84. The number of aromatic nitrogens is 3. The number of aldehydes is 1. The van der Waals surface area contributed by atoms with Crippen LogP contribution in [-0.2, 0) is 4.79 Å². The van der Waals surface area contributed by atoms with E-state index in [9.17, 15) is 4.79 Å². The summed E-state index contributed by atoms with van der Waals surface area (Å²) < 4.78 is 0. The van der Waals surface area contributed by atoms with Gasteiger partial charge < -0.3 is 26.6 Å². The van der Waals surface area contributed by atoms with Crippen LogP contribution in [0.15, 0.2) is 24.5 Å². The predicted octanol–water partition coefficient (Wildman–Crippen LogP) is 1.03. The molecule has 0 radical (unpaired) electrons. The van der Waals surface area contributed by atoms with Crippen LogP contribution in [0, 0.1) is 0 Å². The first kappa shape index (κ1) is 20.3. The number of pyridine rings is 1. The SMILES string of the molecule is CCCCNc1nc(N)c2c(n1)N(C(c1cccnc1)N1CCNCC1)C(C=O)N2. The molecule has 1 saturated heterocycles. The average Bonchev–Trinajstić information content (AvgIpc) is 3.15. The molecule has 2 aromatic heterocycles. The molecule has 2 aliphatic heterocycles. The van der Waals surface area contributed by atoms with Gasteiger partial charge in [-0.3, -0.25) is 14.7 Å². The molecule has 2 atom stereocenters. The van der Waals surface area contributed by atoms with Crippen molar-refractivity contribution in [3.05, 3.63) is 30.1 Å². The number of unbranched alkanes of at least 4 members (excludes halogenated alkanes) is 1. The average molecular weight is 412 g/mol. The van der Waals surface area contributed by atoms with Gasteiger partial charge in [-0.15, -0.1) is 0 Å². The molecule has 0 aromatic carbocycles. The molecule has 30 heavy (non-hydrogen) atoms. The highest BCUT2D eigenvalue weighted by atomic mass is 16.1. The van der Waals surface area contributed by atoms with Crippen LogP contribution in [0.2, 0.25) is 0 Å². The lowest BCUT2D eigenvalue weighted by Gasteiger charge is -2.41. The summed E-state index contributed by atoms with van der Waals surface area (Å²) in [5.41, 5.74) is 7.83. The lowest BCUT2D eigenvalue weighted by Crippen LogP contribution is -2.53. The first-order chi connectivity index (χ1) is 14.7. The number of piperazine rings is 1. The number of nitrogens with one attached hydrogen (secondary N) is 3. The summed E-state index contributed by atoms with van der Waals surface area (Å²) in [6.07, 6.45) is 5.76. The van der Waals surface area contributed by atoms with Crippen LogP contribution in [0.5, 0.6) is 0 Å². The van der Waals surface area contributed by atoms with Gasteiger partial charge in [0.2, 0.25) is 5.95 Å². The van der Waals surface area contributed by atoms with E-state index in [1.54, 1.807) is 6.20 Å². The van der Waals surface area contributed by atoms with E-state index in [1.807, 2.05) is 23.2 Å². The van der Waals surface area contributed by atoms with Crippen molar-refractivity contribution in [2.75, 3.05) is 54.0 Å². The molecule has 10 heteroatoms. The number of hydrogen-bond donors (Lipinski definition) is 4. The maximum atomic E-state index is 12.1. The molecule has 4 rings (SSSR count). The standard InChI is InChI=1S/C20H29N9O/c1-2-3-7-24-20-26-17(21)16-18(27-20)29(15(13-30)25-16)19(14-5-4-6-23-12-14)28-10-8-22-9-11-28/h4-6,12-13,15,19,22,25H,2-3,7-11H2,1H3,(H3,21,24,26,27). The fourth-order valence-electron chi connectivity index (χ4n) is 3.97. The molecule has 0 spiro atoms. The van der Waals surface area contributed by atoms with E-state index in [0.29, 0.717) is 23.3 Å². The molecule has 2 aromatic rings. The van der Waals surface area contributed by atoms with Gasteiger partial charge in [0, 0.05) is 50.7 Å². The summed E-state index contributed by atoms with van der Waals surface area (Å²) in [6.45, 7) is 6.35. The van der Waals surface area contributed by atoms with Crippen molar-refractivity contribution in [2.24, 2.45) is 0 Å². The molecule has 0 saturated carbocycles. The number of carbonyl (C=O) groups is 1. The highest BCUT2D eigenvalue weighted by Crippen LogP contribution is 2.42. The number of nitrogens with two attached hydrogens (primary N) is 1. The normalized spacial score (nSPS) is 19.8. The zero-order valence-electron chi connectivity index (χ0n) is 17.2. The van der Waals surface area contributed by atoms with Crippen LogP contribution in [0.3, 0.4) is 0 Å². The second kappa shape index (κ2) is 9.23. The maximum absolute atomic E-state index is 12.1. The van der Waals surface area contributed by atoms with E-state index >= 15 is 0 Å². The number of carbonyl (C=O) groups excluding carboxylic acids is 1. The minimum absolute atomic E-state index is 0.206. The number of rotatable bonds is 8. The van der Waals surface area contributed by atoms with E-state index in [1.165, 1.54) is 0 Å². The lowest BCUT2D eigenvalue weighted by molar-refractivity contribution is -0.108. The third kappa shape index (κ3) is 4.01. The van der Waals surface area contributed by atoms with Crippen molar-refractivity contribution in [3.8, 4) is 0 Å². The van der Waals surface area contributed by atoms with Gasteiger partial charge in [-0.25, -0.2) is 0 Å². The summed E-state index contributed by atoms with van der Waals surface area (Å²) in [4.78, 5) is 29.8. The van der Waals surface area contributed by atoms with E-state index in [-0.39, 0.29) is 6.17 Å². The lowest BCUT2D eigenvalue weighted by atomic mass is 10.1. The van der Waals surface area contributed by atoms with E-state index in [0.717, 1.165) is 57.4 Å². The minimum atomic E-state index is -0.595. The van der Waals surface area contributed by atoms with Crippen molar-refractivity contribution < 1.29 is 4.79 Å². The van der Waals surface area contributed by atoms with Crippen molar-refractivity contribution >= 4 is 29.6 Å². The Morgan fingerprint density at radius 3 is 2.90 bits per heavy atom. The fraction of sp³-hybridized carbons (Fsp3) is 0.500. The Hall–Kier alpha value is -2.98. The van der Waals surface area contributed by atoms with Crippen LogP contribution >= 0.6 is 0 Å². The number of nitrogen functional groups attached to an aromatic ring is 1. The molecule has 10 nitrogen and oxygen atoms in total. The molecule has 0 bridgehead atoms. The second-order valence-corrected chi connectivity index (χ2v) is 7.49. The zero-order chi connectivity index (χ0) is 20.9. The maximum Gasteiger partial charge on any atom is 0.226 e. The molecule has 2 aliphatic rings. The van der Waals surface area contributed by atoms with Crippen LogP contribution in [0.4, 0.5) is 23.3 Å². The van der Waals surface area contributed by atoms with Gasteiger partial charge in [-0.2, -0.15) is 9.97 Å². The van der Waals surface area contributed by atoms with Crippen LogP contribution in [0.25, 0.3) is 0 Å². The fourth-order valence-corrected chi connectivity index (χ4v) is 3.97. The summed E-state index contributed by atoms with van der Waals surface area (Å²) in [5.74, 6) is 1.44. The molecule has 0 aliphatic carbocycles. The van der Waals surface area contributed by atoms with E-state index in [2.05, 4.69) is 37.7 Å². The smallest absolute Gasteiger partial charge is 0.226 e. The Balaban J connectivity index is 1.75. The highest BCUT2D eigenvalue weighted by molar-refractivity contribution is 5.88. The Morgan fingerprint density at radius 2 is 2.20 bits per heavy atom. The minimum Gasteiger partial charge on any atom is -0.382 e. The number of hydrogen-bond acceptors (Lipinski definition) is 10. The van der Waals surface area contributed by atoms with Gasteiger partial charge in [0.1, 0.15) is 11.9 Å². The van der Waals surface area contributed by atoms with E-state index in [4.69, 9.17) is 10.7 Å². The summed E-state index contributed by atoms with van der Waals surface area (Å²) >= 11 is 0. The van der Waals surface area contributed by atoms with E-state index < -0.39 is 6.17 Å². The van der Waals surface area contributed by atoms with Gasteiger partial charge >= 0.3 is 0 Å². The van der Waals surface area contributed by atoms with Crippen molar-refractivity contribution in [3.63, 3.8) is 0 Å². The Morgan fingerprint density at radius 1 is 1.37 bits per heavy atom. The van der Waals surface area contributed by atoms with Gasteiger partial charge in [0.25, 0.3) is 0 Å². The number of fused-ring (bicyclic) bond motifs is 1. The van der Waals surface area contributed by atoms with Crippen LogP contribution in [0.1, 0.15) is 31.5 Å². The van der Waals surface area contributed by atoms with Gasteiger partial charge in [-0.05, 0) is 12.5 Å². The molecule has 5 N–H and O–H groups in total. The molecule has 1 fully saturated rings. The van der Waals surface area contributed by atoms with Crippen LogP contribution < -0.4 is 26.6 Å². The zero-order valence-corrected chi connectivity index (χ0v) is 17.2. The van der Waals surface area contributed by atoms with Gasteiger partial charge in [0.05, 0.1) is 0 Å². The van der Waals surface area contributed by atoms with Crippen molar-refractivity contribution in [1.82, 2.24) is 25.2 Å². The molecule has 2 unspecified atom stereocenters. The Labute approximate surface area is 176 Å². The molecular weight excluding hydrogens is 382 g/mol. The second-order valence-electron chi connectivity index (χ2n) is 7.49. The van der Waals surface area contributed by atoms with Crippen molar-refractivity contribution in [1.29, 1.82) is 0 Å². The summed E-state index contributed by atoms with van der Waals surface area (Å²) in [6, 6.07) is 3.95. The van der Waals surface area contributed by atoms with Crippen LogP contribution in [-0.4, -0.2) is 65.0 Å². The Bertz CT molecular complexity index is 857. The highest BCUT2D eigenvalue weighted by Gasteiger charge is 2.40. The Kier molecular flexibility index (Phi) is 6.24. The molecule has 0 amide bonds. The third-order valence-electron chi connectivity index (χ3n) is 5.44. The number of anilines is 4. The topological polar surface area (TPSA) is 124 Å². The summed E-state index contributed by atoms with van der Waals surface area (Å²) in [7, 11) is 0. The monoisotopic (exact) mass is 411 g/mol. The number of nitrogens with zero attached hydrogens (tertiary/aromatic N) is 5. The van der Waals surface area contributed by atoms with Crippen molar-refractivity contribution in [2.45, 2.75) is 32.1 Å². The predicted molar refractivity (Wildman–Crippen MR) is 117 cm³/mol.